The van der Waals surface area contributed by atoms with E-state index in [2.05, 4.69) is 20.9 Å². The molecule has 3 saturated heterocycles. The number of pyridine rings is 1. The Morgan fingerprint density at radius 1 is 1.13 bits per heavy atom. The lowest BCUT2D eigenvalue weighted by Gasteiger charge is -2.31. The van der Waals surface area contributed by atoms with Crippen molar-refractivity contribution in [3.8, 4) is 29.6 Å². The number of aromatic nitrogens is 3. The minimum atomic E-state index is -2.47. The van der Waals surface area contributed by atoms with Gasteiger partial charge in [0.25, 0.3) is 0 Å². The number of nitrogen functional groups attached to an aromatic ring is 1. The van der Waals surface area contributed by atoms with E-state index in [0.717, 1.165) is 6.07 Å². The van der Waals surface area contributed by atoms with E-state index in [-0.39, 0.29) is 63.3 Å². The van der Waals surface area contributed by atoms with E-state index >= 15 is 4.39 Å². The molecule has 1 aliphatic carbocycles. The molecule has 7 nitrogen and oxygen atoms in total. The topological polar surface area (TPSA) is 80.4 Å². The van der Waals surface area contributed by atoms with Crippen molar-refractivity contribution in [2.45, 2.75) is 56.0 Å². The summed E-state index contributed by atoms with van der Waals surface area (Å²) in [6.45, 7) is -1.49. The monoisotopic (exact) mass is 622 g/mol. The molecule has 3 aliphatic heterocycles. The van der Waals surface area contributed by atoms with E-state index in [9.17, 15) is 17.6 Å². The summed E-state index contributed by atoms with van der Waals surface area (Å²) in [6.07, 6.45) is 6.76. The van der Waals surface area contributed by atoms with Gasteiger partial charge in [-0.3, -0.25) is 9.88 Å². The summed E-state index contributed by atoms with van der Waals surface area (Å²) in [6, 6.07) is 2.61. The Labute approximate surface area is 258 Å². The van der Waals surface area contributed by atoms with Crippen molar-refractivity contribution in [1.82, 2.24) is 19.9 Å². The number of fused-ring (bicyclic) bond motifs is 4. The highest BCUT2D eigenvalue weighted by Crippen LogP contribution is 2.49. The summed E-state index contributed by atoms with van der Waals surface area (Å²) < 4.78 is 99.4. The van der Waals surface area contributed by atoms with Gasteiger partial charge in [-0.1, -0.05) is 5.92 Å². The second kappa shape index (κ2) is 10.1. The average molecular weight is 623 g/mol. The van der Waals surface area contributed by atoms with E-state index in [0.29, 0.717) is 38.8 Å². The highest BCUT2D eigenvalue weighted by molar-refractivity contribution is 6.04. The lowest BCUT2D eigenvalue weighted by molar-refractivity contribution is 0.107. The number of halogens is 5. The van der Waals surface area contributed by atoms with Crippen LogP contribution in [0.1, 0.15) is 40.4 Å². The number of nitrogens with two attached hydrogens (primary N) is 1. The van der Waals surface area contributed by atoms with Crippen LogP contribution in [0.2, 0.25) is 0 Å². The quantitative estimate of drug-likeness (QED) is 0.173. The standard InChI is InChI=1S/C33H29F5N6O/c1-2-19-24-16(10-23(35)25(19)36)9-18(39)11-21(24)28-27(38)29-22(13-40-28)31(44-8-3-5-20-26(37)30(20)44)42-32(41-29)45-15-33-6-4-7-43(33)14-17(34)12-33/h1,9-11,13,17,20,26,30H,3-8,12,14-15,39H2/t17-,20-,26+,30-,33+/m1/s1/i15D2. The number of nitrogens with zero attached hydrogens (tertiary/aromatic N) is 5. The van der Waals surface area contributed by atoms with Crippen LogP contribution in [0.15, 0.2) is 24.4 Å². The molecule has 2 aromatic heterocycles. The van der Waals surface area contributed by atoms with Crippen LogP contribution in [0.4, 0.5) is 33.5 Å². The normalized spacial score (nSPS) is 28.5. The molecule has 45 heavy (non-hydrogen) atoms. The fraction of sp³-hybridized carbons (Fsp3) is 0.424. The van der Waals surface area contributed by atoms with E-state index in [4.69, 9.17) is 19.6 Å². The minimum absolute atomic E-state index is 0.00740. The number of hydrogen-bond donors (Lipinski definition) is 1. The Morgan fingerprint density at radius 2 is 1.98 bits per heavy atom. The average Bonchev–Trinajstić information content (AvgIpc) is 3.32. The third-order valence-corrected chi connectivity index (χ3v) is 9.73. The molecule has 5 heterocycles. The molecule has 5 atom stereocenters. The molecule has 232 valence electrons. The third kappa shape index (κ3) is 4.30. The maximum atomic E-state index is 16.8. The lowest BCUT2D eigenvalue weighted by atomic mass is 9.95. The van der Waals surface area contributed by atoms with Gasteiger partial charge in [-0.25, -0.2) is 22.0 Å². The van der Waals surface area contributed by atoms with Crippen molar-refractivity contribution in [3.05, 3.63) is 47.4 Å². The van der Waals surface area contributed by atoms with Gasteiger partial charge in [0.2, 0.25) is 0 Å². The minimum Gasteiger partial charge on any atom is -0.461 e. The van der Waals surface area contributed by atoms with Crippen LogP contribution in [0.25, 0.3) is 32.9 Å². The number of piperidine rings is 1. The van der Waals surface area contributed by atoms with Crippen molar-refractivity contribution in [2.75, 3.05) is 36.8 Å². The number of benzene rings is 2. The zero-order valence-electron chi connectivity index (χ0n) is 26.0. The second-order valence-corrected chi connectivity index (χ2v) is 12.4. The van der Waals surface area contributed by atoms with Crippen molar-refractivity contribution in [2.24, 2.45) is 5.92 Å². The first-order valence-corrected chi connectivity index (χ1v) is 15.0. The van der Waals surface area contributed by atoms with Gasteiger partial charge >= 0.3 is 6.01 Å². The number of terminal acetylenes is 1. The fourth-order valence-corrected chi connectivity index (χ4v) is 7.65. The molecular formula is C33H29F5N6O. The highest BCUT2D eigenvalue weighted by atomic mass is 19.2. The molecule has 4 aromatic rings. The van der Waals surface area contributed by atoms with Crippen LogP contribution in [-0.4, -0.2) is 70.0 Å². The third-order valence-electron chi connectivity index (χ3n) is 9.73. The molecule has 0 unspecified atom stereocenters. The molecule has 0 spiro atoms. The SMILES string of the molecule is [2H]C([2H])(Oc1nc(N2CCC[C@@H]3[C@H](F)[C@@H]32)c2cnc(-c3cc(N)cc4cc(F)c(F)c(C#C)c34)c(F)c2n1)[C@@]12CCCN1C[C@H](F)C2. The highest BCUT2D eigenvalue weighted by Gasteiger charge is 2.57. The first kappa shape index (κ1) is 26.0. The summed E-state index contributed by atoms with van der Waals surface area (Å²) in [7, 11) is 0. The molecule has 2 aromatic carbocycles. The molecule has 0 amide bonds. The molecule has 4 aliphatic rings. The summed E-state index contributed by atoms with van der Waals surface area (Å²) in [5.41, 5.74) is 3.81. The fourth-order valence-electron chi connectivity index (χ4n) is 7.65. The molecule has 12 heteroatoms. The summed E-state index contributed by atoms with van der Waals surface area (Å²) >= 11 is 0. The Balaban J connectivity index is 1.33. The van der Waals surface area contributed by atoms with Gasteiger partial charge in [0.05, 0.1) is 25.3 Å². The van der Waals surface area contributed by atoms with Gasteiger partial charge in [0, 0.05) is 48.3 Å². The number of rotatable bonds is 5. The Hall–Kier alpha value is -4.24. The van der Waals surface area contributed by atoms with Crippen LogP contribution in [0, 0.1) is 35.7 Å². The van der Waals surface area contributed by atoms with Crippen LogP contribution in [0.5, 0.6) is 6.01 Å². The van der Waals surface area contributed by atoms with Gasteiger partial charge in [-0.15, -0.1) is 6.42 Å². The van der Waals surface area contributed by atoms with Crippen LogP contribution >= 0.6 is 0 Å². The smallest absolute Gasteiger partial charge is 0.319 e. The van der Waals surface area contributed by atoms with Gasteiger partial charge in [-0.05, 0) is 55.8 Å². The molecule has 2 N–H and O–H groups in total. The second-order valence-electron chi connectivity index (χ2n) is 12.4. The number of ether oxygens (including phenoxy) is 1. The predicted molar refractivity (Wildman–Crippen MR) is 160 cm³/mol. The van der Waals surface area contributed by atoms with Gasteiger partial charge < -0.3 is 15.4 Å². The molecule has 8 rings (SSSR count). The Kier molecular flexibility index (Phi) is 5.86. The summed E-state index contributed by atoms with van der Waals surface area (Å²) in [5.74, 6) is -1.45. The van der Waals surface area contributed by atoms with Crippen molar-refractivity contribution in [3.63, 3.8) is 0 Å². The van der Waals surface area contributed by atoms with Crippen LogP contribution in [0.3, 0.4) is 0 Å². The van der Waals surface area contributed by atoms with Gasteiger partial charge in [0.15, 0.2) is 17.5 Å². The molecule has 4 fully saturated rings. The van der Waals surface area contributed by atoms with E-state index in [1.165, 1.54) is 18.3 Å². The van der Waals surface area contributed by atoms with E-state index in [1.807, 2.05) is 0 Å². The van der Waals surface area contributed by atoms with Crippen LogP contribution < -0.4 is 15.4 Å². The van der Waals surface area contributed by atoms with Crippen molar-refractivity contribution in [1.29, 1.82) is 0 Å². The zero-order chi connectivity index (χ0) is 33.0. The van der Waals surface area contributed by atoms with Crippen LogP contribution in [-0.2, 0) is 0 Å². The van der Waals surface area contributed by atoms with Gasteiger partial charge in [-0.2, -0.15) is 9.97 Å². The maximum Gasteiger partial charge on any atom is 0.319 e. The molecule has 0 bridgehead atoms. The number of hydrogen-bond acceptors (Lipinski definition) is 7. The maximum absolute atomic E-state index is 16.8. The summed E-state index contributed by atoms with van der Waals surface area (Å²) in [5, 5.41) is 0.249. The van der Waals surface area contributed by atoms with E-state index < -0.39 is 59.5 Å². The first-order chi connectivity index (χ1) is 22.4. The molecule has 1 saturated carbocycles. The van der Waals surface area contributed by atoms with Gasteiger partial charge in [0.1, 0.15) is 35.9 Å². The zero-order valence-corrected chi connectivity index (χ0v) is 24.0. The molecule has 0 radical (unpaired) electrons. The number of alkyl halides is 2. The number of anilines is 2. The molecular weight excluding hydrogens is 591 g/mol. The van der Waals surface area contributed by atoms with Crippen molar-refractivity contribution < 1.29 is 29.4 Å². The largest absolute Gasteiger partial charge is 0.461 e. The predicted octanol–water partition coefficient (Wildman–Crippen LogP) is 5.72. The first-order valence-electron chi connectivity index (χ1n) is 16.0. The van der Waals surface area contributed by atoms with E-state index in [1.54, 1.807) is 9.80 Å². The lowest BCUT2D eigenvalue weighted by Crippen LogP contribution is -2.43. The summed E-state index contributed by atoms with van der Waals surface area (Å²) in [4.78, 5) is 16.6. The Morgan fingerprint density at radius 3 is 2.80 bits per heavy atom. The Bertz CT molecular complexity index is 2030. The van der Waals surface area contributed by atoms with Crippen molar-refractivity contribution >= 4 is 33.2 Å².